The predicted octanol–water partition coefficient (Wildman–Crippen LogP) is 3.19. The average molecular weight is 402 g/mol. The molecule has 7 nitrogen and oxygen atoms in total. The van der Waals surface area contributed by atoms with Gasteiger partial charge in [-0.15, -0.1) is 0 Å². The van der Waals surface area contributed by atoms with Gasteiger partial charge in [0, 0.05) is 18.3 Å². The van der Waals surface area contributed by atoms with E-state index in [1.807, 2.05) is 24.3 Å². The van der Waals surface area contributed by atoms with Gasteiger partial charge in [0.2, 0.25) is 0 Å². The van der Waals surface area contributed by atoms with Crippen LogP contribution < -0.4 is 10.5 Å². The van der Waals surface area contributed by atoms with Crippen LogP contribution in [0.15, 0.2) is 48.5 Å². The average Bonchev–Trinajstić information content (AvgIpc) is 2.63. The molecule has 0 radical (unpaired) electrons. The molecule has 0 aliphatic heterocycles. The highest BCUT2D eigenvalue weighted by Gasteiger charge is 2.24. The molecule has 0 aliphatic carbocycles. The summed E-state index contributed by atoms with van der Waals surface area (Å²) in [6, 6.07) is 13.8. The maximum absolute atomic E-state index is 12.6. The summed E-state index contributed by atoms with van der Waals surface area (Å²) in [6.45, 7) is 5.80. The standard InChI is InChI=1S/C22H30N2O5/c1-22(2,3)29-21(27)24(12-11-16-7-9-17(23)10-8-16)14-19(26)15-28-20-6-4-5-18(25)13-20/h4-10,13,19,25-26H,11-12,14-15,23H2,1-3H3/t19-/m0/s1. The van der Waals surface area contributed by atoms with Crippen LogP contribution in [-0.4, -0.2) is 52.6 Å². The first kappa shape index (κ1) is 22.4. The summed E-state index contributed by atoms with van der Waals surface area (Å²) in [5, 5.41) is 19.9. The number of carbonyl (C=O) groups is 1. The maximum Gasteiger partial charge on any atom is 0.410 e. The number of carbonyl (C=O) groups excluding carboxylic acids is 1. The minimum atomic E-state index is -0.920. The van der Waals surface area contributed by atoms with Crippen LogP contribution in [0.4, 0.5) is 10.5 Å². The monoisotopic (exact) mass is 402 g/mol. The lowest BCUT2D eigenvalue weighted by Gasteiger charge is -2.29. The van der Waals surface area contributed by atoms with Gasteiger partial charge in [-0.3, -0.25) is 0 Å². The quantitative estimate of drug-likeness (QED) is 0.586. The second kappa shape index (κ2) is 10.0. The van der Waals surface area contributed by atoms with E-state index in [-0.39, 0.29) is 18.9 Å². The number of aliphatic hydroxyl groups excluding tert-OH is 1. The first-order valence-electron chi connectivity index (χ1n) is 9.54. The van der Waals surface area contributed by atoms with Gasteiger partial charge in [-0.1, -0.05) is 18.2 Å². The number of aliphatic hydroxyl groups is 1. The summed E-state index contributed by atoms with van der Waals surface area (Å²) in [6.07, 6.45) is -0.819. The molecule has 0 aliphatic rings. The fraction of sp³-hybridized carbons (Fsp3) is 0.409. The van der Waals surface area contributed by atoms with Crippen molar-refractivity contribution >= 4 is 11.8 Å². The molecular formula is C22H30N2O5. The lowest BCUT2D eigenvalue weighted by Crippen LogP contribution is -2.43. The van der Waals surface area contributed by atoms with E-state index in [0.717, 1.165) is 5.56 Å². The van der Waals surface area contributed by atoms with E-state index in [4.69, 9.17) is 15.2 Å². The number of ether oxygens (including phenoxy) is 2. The third kappa shape index (κ3) is 8.31. The molecule has 7 heteroatoms. The van der Waals surface area contributed by atoms with Gasteiger partial charge in [-0.05, 0) is 57.0 Å². The largest absolute Gasteiger partial charge is 0.508 e. The number of hydrogen-bond acceptors (Lipinski definition) is 6. The number of rotatable bonds is 8. The van der Waals surface area contributed by atoms with Crippen LogP contribution in [0.2, 0.25) is 0 Å². The van der Waals surface area contributed by atoms with Crippen LogP contribution in [0.1, 0.15) is 26.3 Å². The third-order valence-corrected chi connectivity index (χ3v) is 3.99. The van der Waals surface area contributed by atoms with Gasteiger partial charge in [0.15, 0.2) is 0 Å². The van der Waals surface area contributed by atoms with Gasteiger partial charge in [0.05, 0.1) is 6.54 Å². The molecule has 0 aromatic heterocycles. The molecule has 0 unspecified atom stereocenters. The summed E-state index contributed by atoms with van der Waals surface area (Å²) >= 11 is 0. The number of nitrogen functional groups attached to an aromatic ring is 1. The number of nitrogens with two attached hydrogens (primary N) is 1. The van der Waals surface area contributed by atoms with Crippen molar-refractivity contribution in [2.45, 2.75) is 38.9 Å². The highest BCUT2D eigenvalue weighted by atomic mass is 16.6. The number of benzene rings is 2. The molecule has 0 bridgehead atoms. The molecule has 0 fully saturated rings. The molecule has 4 N–H and O–H groups in total. The summed E-state index contributed by atoms with van der Waals surface area (Å²) in [5.41, 5.74) is 6.77. The fourth-order valence-corrected chi connectivity index (χ4v) is 2.60. The Morgan fingerprint density at radius 2 is 1.86 bits per heavy atom. The van der Waals surface area contributed by atoms with E-state index in [1.165, 1.54) is 17.0 Å². The van der Waals surface area contributed by atoms with Gasteiger partial charge >= 0.3 is 6.09 Å². The fourth-order valence-electron chi connectivity index (χ4n) is 2.60. The molecule has 0 heterocycles. The van der Waals surface area contributed by atoms with Gasteiger partial charge < -0.3 is 30.3 Å². The van der Waals surface area contributed by atoms with E-state index in [0.29, 0.717) is 24.4 Å². The van der Waals surface area contributed by atoms with Crippen molar-refractivity contribution in [1.29, 1.82) is 0 Å². The Hall–Kier alpha value is -2.93. The number of hydrogen-bond donors (Lipinski definition) is 3. The van der Waals surface area contributed by atoms with Crippen LogP contribution in [0.25, 0.3) is 0 Å². The Balaban J connectivity index is 1.97. The molecule has 29 heavy (non-hydrogen) atoms. The SMILES string of the molecule is CC(C)(C)OC(=O)N(CCc1ccc(N)cc1)C[C@H](O)COc1cccc(O)c1. The number of phenolic OH excluding ortho intramolecular Hbond substituents is 1. The van der Waals surface area contributed by atoms with Gasteiger partial charge in [0.25, 0.3) is 0 Å². The first-order chi connectivity index (χ1) is 13.6. The molecule has 1 amide bonds. The minimum Gasteiger partial charge on any atom is -0.508 e. The molecule has 2 rings (SSSR count). The molecule has 158 valence electrons. The van der Waals surface area contributed by atoms with Gasteiger partial charge in [0.1, 0.15) is 29.8 Å². The lowest BCUT2D eigenvalue weighted by molar-refractivity contribution is 0.00944. The highest BCUT2D eigenvalue weighted by Crippen LogP contribution is 2.18. The summed E-state index contributed by atoms with van der Waals surface area (Å²) < 4.78 is 11.0. The minimum absolute atomic E-state index is 0.0232. The zero-order valence-corrected chi connectivity index (χ0v) is 17.2. The number of phenols is 1. The molecule has 2 aromatic carbocycles. The first-order valence-corrected chi connectivity index (χ1v) is 9.54. The zero-order valence-electron chi connectivity index (χ0n) is 17.2. The Kier molecular flexibility index (Phi) is 7.73. The second-order valence-corrected chi connectivity index (χ2v) is 7.88. The Labute approximate surface area is 171 Å². The summed E-state index contributed by atoms with van der Waals surface area (Å²) in [4.78, 5) is 14.1. The summed E-state index contributed by atoms with van der Waals surface area (Å²) in [5.74, 6) is 0.519. The van der Waals surface area contributed by atoms with Crippen LogP contribution >= 0.6 is 0 Å². The second-order valence-electron chi connectivity index (χ2n) is 7.88. The van der Waals surface area contributed by atoms with Crippen LogP contribution in [-0.2, 0) is 11.2 Å². The number of aromatic hydroxyl groups is 1. The molecule has 0 spiro atoms. The molecular weight excluding hydrogens is 372 g/mol. The molecule has 2 aromatic rings. The highest BCUT2D eigenvalue weighted by molar-refractivity contribution is 5.68. The predicted molar refractivity (Wildman–Crippen MR) is 112 cm³/mol. The van der Waals surface area contributed by atoms with Crippen molar-refractivity contribution in [3.05, 3.63) is 54.1 Å². The lowest BCUT2D eigenvalue weighted by atomic mass is 10.1. The van der Waals surface area contributed by atoms with Crippen molar-refractivity contribution < 1.29 is 24.5 Å². The van der Waals surface area contributed by atoms with Crippen molar-refractivity contribution in [3.63, 3.8) is 0 Å². The Morgan fingerprint density at radius 1 is 1.17 bits per heavy atom. The van der Waals surface area contributed by atoms with E-state index in [1.54, 1.807) is 32.9 Å². The number of amides is 1. The normalized spacial score (nSPS) is 12.3. The zero-order chi connectivity index (χ0) is 21.4. The summed E-state index contributed by atoms with van der Waals surface area (Å²) in [7, 11) is 0. The Morgan fingerprint density at radius 3 is 2.48 bits per heavy atom. The smallest absolute Gasteiger partial charge is 0.410 e. The molecule has 0 saturated carbocycles. The van der Waals surface area contributed by atoms with Crippen molar-refractivity contribution in [2.24, 2.45) is 0 Å². The van der Waals surface area contributed by atoms with Gasteiger partial charge in [-0.2, -0.15) is 0 Å². The van der Waals surface area contributed by atoms with Crippen molar-refractivity contribution in [1.82, 2.24) is 4.90 Å². The van der Waals surface area contributed by atoms with E-state index in [2.05, 4.69) is 0 Å². The van der Waals surface area contributed by atoms with Crippen LogP contribution in [0, 0.1) is 0 Å². The van der Waals surface area contributed by atoms with Crippen LogP contribution in [0.3, 0.4) is 0 Å². The number of nitrogens with zero attached hydrogens (tertiary/aromatic N) is 1. The van der Waals surface area contributed by atoms with Crippen LogP contribution in [0.5, 0.6) is 11.5 Å². The maximum atomic E-state index is 12.6. The van der Waals surface area contributed by atoms with E-state index in [9.17, 15) is 15.0 Å². The van der Waals surface area contributed by atoms with E-state index < -0.39 is 17.8 Å². The third-order valence-electron chi connectivity index (χ3n) is 3.99. The molecule has 0 saturated heterocycles. The topological polar surface area (TPSA) is 105 Å². The Bertz CT molecular complexity index is 787. The van der Waals surface area contributed by atoms with E-state index >= 15 is 0 Å². The van der Waals surface area contributed by atoms with Crippen molar-refractivity contribution in [2.75, 3.05) is 25.4 Å². The number of anilines is 1. The van der Waals surface area contributed by atoms with Crippen molar-refractivity contribution in [3.8, 4) is 11.5 Å². The van der Waals surface area contributed by atoms with Gasteiger partial charge in [-0.25, -0.2) is 4.79 Å². The molecule has 1 atom stereocenters.